The van der Waals surface area contributed by atoms with Crippen LogP contribution >= 0.6 is 0 Å². The first-order valence-electron chi connectivity index (χ1n) is 14.4. The van der Waals surface area contributed by atoms with Crippen LogP contribution in [0.4, 0.5) is 0 Å². The van der Waals surface area contributed by atoms with Crippen molar-refractivity contribution >= 4 is 32.4 Å². The number of hydrogen-bond acceptors (Lipinski definition) is 4. The zero-order chi connectivity index (χ0) is 28.8. The van der Waals surface area contributed by atoms with Gasteiger partial charge in [-0.15, -0.1) is 0 Å². The number of aromatic nitrogens is 4. The first-order chi connectivity index (χ1) is 21.2. The summed E-state index contributed by atoms with van der Waals surface area (Å²) in [6, 6.07) is 48.2. The maximum absolute atomic E-state index is 5.08. The van der Waals surface area contributed by atoms with Crippen molar-refractivity contribution in [2.24, 2.45) is 0 Å². The summed E-state index contributed by atoms with van der Waals surface area (Å²) in [4.78, 5) is 20.0. The molecule has 4 nitrogen and oxygen atoms in total. The van der Waals surface area contributed by atoms with E-state index >= 15 is 0 Å². The molecule has 0 aliphatic rings. The fourth-order valence-electron chi connectivity index (χ4n) is 5.86. The average molecular weight is 551 g/mol. The van der Waals surface area contributed by atoms with Gasteiger partial charge in [0, 0.05) is 33.3 Å². The van der Waals surface area contributed by atoms with Crippen LogP contribution in [-0.4, -0.2) is 19.9 Å². The van der Waals surface area contributed by atoms with Gasteiger partial charge in [0.15, 0.2) is 17.5 Å². The van der Waals surface area contributed by atoms with Crippen LogP contribution in [0.5, 0.6) is 0 Å². The lowest BCUT2D eigenvalue weighted by Gasteiger charge is -2.12. The highest BCUT2D eigenvalue weighted by atomic mass is 15.0. The molecule has 0 atom stereocenters. The van der Waals surface area contributed by atoms with Gasteiger partial charge in [0.05, 0.1) is 5.52 Å². The maximum Gasteiger partial charge on any atom is 0.164 e. The first kappa shape index (κ1) is 25.0. The summed E-state index contributed by atoms with van der Waals surface area (Å²) < 4.78 is 0. The van der Waals surface area contributed by atoms with Crippen LogP contribution in [0.15, 0.2) is 140 Å². The smallest absolute Gasteiger partial charge is 0.164 e. The third-order valence-electron chi connectivity index (χ3n) is 8.01. The van der Waals surface area contributed by atoms with Gasteiger partial charge in [-0.1, -0.05) is 133 Å². The largest absolute Gasteiger partial charge is 0.252 e. The predicted molar refractivity (Wildman–Crippen MR) is 177 cm³/mol. The number of pyridine rings is 1. The lowest BCUT2D eigenvalue weighted by Crippen LogP contribution is -2.01. The Bertz CT molecular complexity index is 2200. The molecule has 4 heteroatoms. The molecule has 0 aliphatic carbocycles. The maximum atomic E-state index is 5.08. The SMILES string of the molecule is Cc1ccc2cccc(-c3ccc(-c4nc(-c5cccc6ccccc56)nc(-c5cccc6ccccc56)n4)cc3)c2n1. The number of hydrogen-bond donors (Lipinski definition) is 0. The molecule has 2 aromatic heterocycles. The second-order valence-electron chi connectivity index (χ2n) is 10.8. The van der Waals surface area contributed by atoms with Gasteiger partial charge in [-0.2, -0.15) is 0 Å². The molecule has 0 spiro atoms. The molecule has 202 valence electrons. The van der Waals surface area contributed by atoms with E-state index in [0.29, 0.717) is 17.5 Å². The van der Waals surface area contributed by atoms with Crippen molar-refractivity contribution in [2.75, 3.05) is 0 Å². The van der Waals surface area contributed by atoms with Crippen molar-refractivity contribution in [3.8, 4) is 45.3 Å². The number of para-hydroxylation sites is 1. The van der Waals surface area contributed by atoms with Gasteiger partial charge in [-0.05, 0) is 40.1 Å². The normalized spacial score (nSPS) is 11.4. The molecule has 6 aromatic carbocycles. The second kappa shape index (κ2) is 10.3. The Labute approximate surface area is 249 Å². The summed E-state index contributed by atoms with van der Waals surface area (Å²) in [6.45, 7) is 2.03. The van der Waals surface area contributed by atoms with Gasteiger partial charge in [0.25, 0.3) is 0 Å². The van der Waals surface area contributed by atoms with E-state index < -0.39 is 0 Å². The quantitative estimate of drug-likeness (QED) is 0.219. The molecule has 0 aliphatic heterocycles. The highest BCUT2D eigenvalue weighted by molar-refractivity contribution is 5.98. The van der Waals surface area contributed by atoms with E-state index in [4.69, 9.17) is 19.9 Å². The van der Waals surface area contributed by atoms with E-state index in [2.05, 4.69) is 140 Å². The number of aryl methyl sites for hydroxylation is 1. The van der Waals surface area contributed by atoms with Crippen molar-refractivity contribution in [1.29, 1.82) is 0 Å². The fourth-order valence-corrected chi connectivity index (χ4v) is 5.86. The molecule has 43 heavy (non-hydrogen) atoms. The molecular weight excluding hydrogens is 524 g/mol. The minimum Gasteiger partial charge on any atom is -0.252 e. The molecule has 0 radical (unpaired) electrons. The molecule has 0 bridgehead atoms. The van der Waals surface area contributed by atoms with Gasteiger partial charge < -0.3 is 0 Å². The third-order valence-corrected chi connectivity index (χ3v) is 8.01. The van der Waals surface area contributed by atoms with Gasteiger partial charge in [-0.25, -0.2) is 15.0 Å². The molecular formula is C39H26N4. The Morgan fingerprint density at radius 1 is 0.349 bits per heavy atom. The molecule has 0 saturated heterocycles. The molecule has 0 N–H and O–H groups in total. The highest BCUT2D eigenvalue weighted by Crippen LogP contribution is 2.33. The van der Waals surface area contributed by atoms with Crippen LogP contribution in [0, 0.1) is 6.92 Å². The molecule has 0 unspecified atom stereocenters. The monoisotopic (exact) mass is 550 g/mol. The van der Waals surface area contributed by atoms with Crippen LogP contribution < -0.4 is 0 Å². The van der Waals surface area contributed by atoms with Gasteiger partial charge >= 0.3 is 0 Å². The Morgan fingerprint density at radius 3 is 1.47 bits per heavy atom. The van der Waals surface area contributed by atoms with Crippen LogP contribution in [0.2, 0.25) is 0 Å². The van der Waals surface area contributed by atoms with E-state index in [9.17, 15) is 0 Å². The Morgan fingerprint density at radius 2 is 0.837 bits per heavy atom. The molecule has 0 amide bonds. The number of fused-ring (bicyclic) bond motifs is 3. The van der Waals surface area contributed by atoms with Crippen molar-refractivity contribution in [3.63, 3.8) is 0 Å². The minimum absolute atomic E-state index is 0.638. The van der Waals surface area contributed by atoms with Crippen molar-refractivity contribution < 1.29 is 0 Å². The van der Waals surface area contributed by atoms with Crippen molar-refractivity contribution in [2.45, 2.75) is 6.92 Å². The Hall–Kier alpha value is -5.74. The molecule has 8 rings (SSSR count). The topological polar surface area (TPSA) is 51.6 Å². The van der Waals surface area contributed by atoms with E-state index in [1.165, 1.54) is 0 Å². The van der Waals surface area contributed by atoms with Crippen LogP contribution in [0.25, 0.3) is 77.7 Å². The number of rotatable bonds is 4. The molecule has 0 saturated carbocycles. The average Bonchev–Trinajstić information content (AvgIpc) is 3.07. The van der Waals surface area contributed by atoms with Crippen LogP contribution in [-0.2, 0) is 0 Å². The summed E-state index contributed by atoms with van der Waals surface area (Å²) >= 11 is 0. The van der Waals surface area contributed by atoms with E-state index in [0.717, 1.165) is 66.0 Å². The zero-order valence-electron chi connectivity index (χ0n) is 23.6. The number of benzene rings is 6. The summed E-state index contributed by atoms with van der Waals surface area (Å²) in [7, 11) is 0. The first-order valence-corrected chi connectivity index (χ1v) is 14.4. The van der Waals surface area contributed by atoms with E-state index in [1.807, 2.05) is 6.92 Å². The van der Waals surface area contributed by atoms with Gasteiger partial charge in [-0.3, -0.25) is 4.98 Å². The second-order valence-corrected chi connectivity index (χ2v) is 10.8. The predicted octanol–water partition coefficient (Wildman–Crippen LogP) is 9.70. The van der Waals surface area contributed by atoms with E-state index in [1.54, 1.807) is 0 Å². The van der Waals surface area contributed by atoms with Crippen LogP contribution in [0.1, 0.15) is 5.69 Å². The summed E-state index contributed by atoms with van der Waals surface area (Å²) in [5.74, 6) is 1.95. The molecule has 0 fully saturated rings. The zero-order valence-corrected chi connectivity index (χ0v) is 23.6. The third kappa shape index (κ3) is 4.50. The molecule has 8 aromatic rings. The minimum atomic E-state index is 0.638. The Kier molecular flexibility index (Phi) is 5.97. The van der Waals surface area contributed by atoms with Crippen molar-refractivity contribution in [3.05, 3.63) is 145 Å². The number of nitrogens with zero attached hydrogens (tertiary/aromatic N) is 4. The lowest BCUT2D eigenvalue weighted by molar-refractivity contribution is 1.08. The van der Waals surface area contributed by atoms with E-state index in [-0.39, 0.29) is 0 Å². The van der Waals surface area contributed by atoms with Gasteiger partial charge in [0.2, 0.25) is 0 Å². The fraction of sp³-hybridized carbons (Fsp3) is 0.0256. The van der Waals surface area contributed by atoms with Gasteiger partial charge in [0.1, 0.15) is 0 Å². The summed E-state index contributed by atoms with van der Waals surface area (Å²) in [5.41, 5.74) is 7.12. The van der Waals surface area contributed by atoms with Crippen LogP contribution in [0.3, 0.4) is 0 Å². The molecule has 2 heterocycles. The standard InChI is InChI=1S/C39H26N4/c1-25-19-20-29-13-8-16-33(36(29)40-25)28-21-23-30(24-22-28)37-41-38(34-17-6-11-26-9-2-4-14-31(26)34)43-39(42-37)35-18-7-12-27-10-3-5-15-32(27)35/h2-24H,1H3. The highest BCUT2D eigenvalue weighted by Gasteiger charge is 2.16. The van der Waals surface area contributed by atoms with Crippen molar-refractivity contribution in [1.82, 2.24) is 19.9 Å². The lowest BCUT2D eigenvalue weighted by atomic mass is 10.00. The summed E-state index contributed by atoms with van der Waals surface area (Å²) in [5, 5.41) is 5.65. The Balaban J connectivity index is 1.31. The summed E-state index contributed by atoms with van der Waals surface area (Å²) in [6.07, 6.45) is 0.